The molecule has 0 aliphatic rings. The Hall–Kier alpha value is -1.42. The predicted octanol–water partition coefficient (Wildman–Crippen LogP) is 2.66. The Morgan fingerprint density at radius 1 is 1.32 bits per heavy atom. The van der Waals surface area contributed by atoms with Crippen molar-refractivity contribution in [1.29, 1.82) is 0 Å². The van der Waals surface area contributed by atoms with Gasteiger partial charge in [-0.25, -0.2) is 0 Å². The van der Waals surface area contributed by atoms with Gasteiger partial charge in [-0.05, 0) is 65.0 Å². The van der Waals surface area contributed by atoms with E-state index in [-0.39, 0.29) is 17.5 Å². The van der Waals surface area contributed by atoms with Crippen molar-refractivity contribution < 1.29 is 25.3 Å². The van der Waals surface area contributed by atoms with E-state index in [2.05, 4.69) is 4.98 Å². The van der Waals surface area contributed by atoms with Crippen LogP contribution in [0.4, 0.5) is 5.82 Å². The smallest absolute Gasteiger partial charge is 0.119 e. The molecule has 0 aromatic carbocycles. The molecule has 0 bridgehead atoms. The molecule has 1 heterocycles. The van der Waals surface area contributed by atoms with E-state index in [1.165, 1.54) is 12.3 Å². The summed E-state index contributed by atoms with van der Waals surface area (Å²) in [6.07, 6.45) is 4.32. The minimum atomic E-state index is -1.30. The summed E-state index contributed by atoms with van der Waals surface area (Å²) < 4.78 is 5.28. The summed E-state index contributed by atoms with van der Waals surface area (Å²) in [5.74, 6) is -0.0285. The van der Waals surface area contributed by atoms with Gasteiger partial charge in [0, 0.05) is 19.7 Å². The molecule has 0 aliphatic carbocycles. The minimum Gasteiger partial charge on any atom is -0.732 e. The molecular weight excluding hydrogens is 364 g/mol. The SMILES string of the molecule is COC(C)(C)[C@@H](O)CC/C(C)=C/CC[C@](C)(O)[C@H](O)Cc1c[nH]c(N([O-])O)c1. The molecule has 0 radical (unpaired) electrons. The van der Waals surface area contributed by atoms with Gasteiger partial charge in [-0.1, -0.05) is 11.6 Å². The fourth-order valence-corrected chi connectivity index (χ4v) is 2.82. The zero-order valence-corrected chi connectivity index (χ0v) is 17.5. The number of nitrogens with zero attached hydrogens (tertiary/aromatic N) is 1. The molecule has 0 unspecified atom stereocenters. The number of hydrogen-bond acceptors (Lipinski definition) is 7. The number of methoxy groups -OCH3 is 1. The predicted molar refractivity (Wildman–Crippen MR) is 108 cm³/mol. The minimum absolute atomic E-state index is 0.0285. The van der Waals surface area contributed by atoms with Crippen LogP contribution in [-0.2, 0) is 11.2 Å². The van der Waals surface area contributed by atoms with Crippen LogP contribution in [0.2, 0.25) is 0 Å². The van der Waals surface area contributed by atoms with Crippen molar-refractivity contribution >= 4 is 5.82 Å². The Labute approximate surface area is 167 Å². The molecule has 0 aliphatic heterocycles. The zero-order valence-electron chi connectivity index (χ0n) is 17.5. The molecule has 1 aromatic rings. The zero-order chi connectivity index (χ0) is 21.5. The van der Waals surface area contributed by atoms with E-state index >= 15 is 0 Å². The molecule has 0 saturated heterocycles. The maximum absolute atomic E-state index is 10.8. The second-order valence-corrected chi connectivity index (χ2v) is 8.19. The van der Waals surface area contributed by atoms with Crippen molar-refractivity contribution in [1.82, 2.24) is 4.98 Å². The van der Waals surface area contributed by atoms with E-state index in [9.17, 15) is 20.5 Å². The van der Waals surface area contributed by atoms with Gasteiger partial charge in [-0.3, -0.25) is 5.21 Å². The number of aliphatic hydroxyl groups is 3. The summed E-state index contributed by atoms with van der Waals surface area (Å²) in [5, 5.41) is 50.4. The molecule has 0 fully saturated rings. The lowest BCUT2D eigenvalue weighted by molar-refractivity contribution is -0.0797. The normalized spacial score (nSPS) is 17.3. The van der Waals surface area contributed by atoms with Crippen LogP contribution in [0.3, 0.4) is 0 Å². The van der Waals surface area contributed by atoms with Gasteiger partial charge >= 0.3 is 0 Å². The lowest BCUT2D eigenvalue weighted by atomic mass is 9.89. The van der Waals surface area contributed by atoms with Crippen molar-refractivity contribution in [3.8, 4) is 0 Å². The number of aliphatic hydroxyl groups excluding tert-OH is 2. The molecule has 3 atom stereocenters. The summed E-state index contributed by atoms with van der Waals surface area (Å²) in [6.45, 7) is 7.24. The molecule has 0 amide bonds. The summed E-state index contributed by atoms with van der Waals surface area (Å²) >= 11 is 0. The van der Waals surface area contributed by atoms with Gasteiger partial charge < -0.3 is 35.5 Å². The molecule has 8 heteroatoms. The first-order valence-corrected chi connectivity index (χ1v) is 9.51. The van der Waals surface area contributed by atoms with Crippen molar-refractivity contribution in [3.63, 3.8) is 0 Å². The van der Waals surface area contributed by atoms with Crippen LogP contribution in [0.1, 0.15) is 58.9 Å². The topological polar surface area (TPSA) is 132 Å². The summed E-state index contributed by atoms with van der Waals surface area (Å²) in [5.41, 5.74) is -0.183. The average molecular weight is 400 g/mol. The third-order valence-corrected chi connectivity index (χ3v) is 5.36. The largest absolute Gasteiger partial charge is 0.732 e. The number of rotatable bonds is 12. The van der Waals surface area contributed by atoms with Crippen LogP contribution < -0.4 is 5.23 Å². The van der Waals surface area contributed by atoms with Crippen molar-refractivity contribution in [2.24, 2.45) is 0 Å². The van der Waals surface area contributed by atoms with Gasteiger partial charge in [0.15, 0.2) is 0 Å². The third kappa shape index (κ3) is 7.54. The van der Waals surface area contributed by atoms with E-state index in [4.69, 9.17) is 9.94 Å². The van der Waals surface area contributed by atoms with E-state index in [1.807, 2.05) is 26.8 Å². The number of allylic oxidation sites excluding steroid dienone is 2. The van der Waals surface area contributed by atoms with Gasteiger partial charge in [-0.2, -0.15) is 0 Å². The molecule has 0 spiro atoms. The molecule has 1 rings (SSSR count). The van der Waals surface area contributed by atoms with E-state index in [0.29, 0.717) is 24.8 Å². The van der Waals surface area contributed by atoms with Crippen LogP contribution in [0.15, 0.2) is 23.9 Å². The number of aromatic amines is 1. The lowest BCUT2D eigenvalue weighted by Gasteiger charge is -2.29. The van der Waals surface area contributed by atoms with Crippen LogP contribution in [0, 0.1) is 5.21 Å². The van der Waals surface area contributed by atoms with Gasteiger partial charge in [0.2, 0.25) is 0 Å². The van der Waals surface area contributed by atoms with E-state index < -0.39 is 23.4 Å². The Kier molecular flexibility index (Phi) is 9.13. The van der Waals surface area contributed by atoms with Crippen molar-refractivity contribution in [2.75, 3.05) is 12.3 Å². The van der Waals surface area contributed by atoms with Gasteiger partial charge in [0.25, 0.3) is 0 Å². The van der Waals surface area contributed by atoms with Crippen LogP contribution in [0.5, 0.6) is 0 Å². The number of ether oxygens (including phenoxy) is 1. The lowest BCUT2D eigenvalue weighted by Crippen LogP contribution is -2.40. The van der Waals surface area contributed by atoms with Gasteiger partial charge in [0.05, 0.1) is 23.4 Å². The molecule has 162 valence electrons. The first-order chi connectivity index (χ1) is 12.9. The Bertz CT molecular complexity index is 624. The Morgan fingerprint density at radius 2 is 1.96 bits per heavy atom. The number of H-pyrrole nitrogens is 1. The maximum atomic E-state index is 10.8. The summed E-state index contributed by atoms with van der Waals surface area (Å²) in [6, 6.07) is 1.42. The average Bonchev–Trinajstić information content (AvgIpc) is 3.08. The molecule has 28 heavy (non-hydrogen) atoms. The quantitative estimate of drug-likeness (QED) is 0.270. The molecule has 0 saturated carbocycles. The number of anilines is 1. The Morgan fingerprint density at radius 3 is 2.50 bits per heavy atom. The standard InChI is InChI=1S/C20H35N2O6/c1-14(8-9-16(23)19(2,3)28-5)7-6-10-20(4,25)17(24)11-15-12-18(21-13-15)22(26)27/h7,12-13,16-17,21,23-26H,6,8-11H2,1-5H3/q-1/b14-7+/t16-,17+,20-/m0/s1. The maximum Gasteiger partial charge on any atom is 0.119 e. The first-order valence-electron chi connectivity index (χ1n) is 9.51. The summed E-state index contributed by atoms with van der Waals surface area (Å²) in [7, 11) is 1.58. The fourth-order valence-electron chi connectivity index (χ4n) is 2.82. The molecule has 1 aromatic heterocycles. The highest BCUT2D eigenvalue weighted by Crippen LogP contribution is 2.24. The van der Waals surface area contributed by atoms with E-state index in [1.54, 1.807) is 14.0 Å². The fraction of sp³-hybridized carbons (Fsp3) is 0.700. The third-order valence-electron chi connectivity index (χ3n) is 5.36. The van der Waals surface area contributed by atoms with Crippen LogP contribution >= 0.6 is 0 Å². The number of aromatic nitrogens is 1. The second-order valence-electron chi connectivity index (χ2n) is 8.19. The molecule has 8 nitrogen and oxygen atoms in total. The van der Waals surface area contributed by atoms with Crippen LogP contribution in [0.25, 0.3) is 0 Å². The Balaban J connectivity index is 2.48. The van der Waals surface area contributed by atoms with Crippen molar-refractivity contribution in [2.45, 2.75) is 83.2 Å². The van der Waals surface area contributed by atoms with Gasteiger partial charge in [0.1, 0.15) is 5.82 Å². The van der Waals surface area contributed by atoms with Crippen LogP contribution in [-0.4, -0.2) is 56.0 Å². The highest BCUT2D eigenvalue weighted by atomic mass is 16.8. The molecular formula is C20H35N2O6-. The molecule has 5 N–H and O–H groups in total. The number of hydrogen-bond donors (Lipinski definition) is 5. The summed E-state index contributed by atoms with van der Waals surface area (Å²) in [4.78, 5) is 2.59. The highest BCUT2D eigenvalue weighted by molar-refractivity contribution is 5.40. The first kappa shape index (κ1) is 24.6. The monoisotopic (exact) mass is 399 g/mol. The van der Waals surface area contributed by atoms with E-state index in [0.717, 1.165) is 12.0 Å². The van der Waals surface area contributed by atoms with Crippen molar-refractivity contribution in [3.05, 3.63) is 34.7 Å². The van der Waals surface area contributed by atoms with Gasteiger partial charge in [-0.15, -0.1) is 0 Å². The second kappa shape index (κ2) is 10.4. The number of nitrogens with one attached hydrogen (secondary N) is 1. The highest BCUT2D eigenvalue weighted by Gasteiger charge is 2.30.